The average molecular weight is 266 g/mol. The van der Waals surface area contributed by atoms with Crippen LogP contribution < -0.4 is 0 Å². The van der Waals surface area contributed by atoms with E-state index >= 15 is 0 Å². The Balaban J connectivity index is 2.05. The Morgan fingerprint density at radius 1 is 1.45 bits per heavy atom. The average Bonchev–Trinajstić information content (AvgIpc) is 3.06. The molecule has 0 spiro atoms. The van der Waals surface area contributed by atoms with Crippen molar-refractivity contribution in [2.24, 2.45) is 10.9 Å². The number of aliphatic imine (C=N–C) groups is 1. The second-order valence-electron chi connectivity index (χ2n) is 5.44. The molecule has 0 saturated heterocycles. The van der Waals surface area contributed by atoms with E-state index in [1.54, 1.807) is 0 Å². The van der Waals surface area contributed by atoms with Crippen LogP contribution in [0.15, 0.2) is 35.5 Å². The zero-order chi connectivity index (χ0) is 14.1. The maximum Gasteiger partial charge on any atom is 0.217 e. The van der Waals surface area contributed by atoms with Crippen molar-refractivity contribution in [3.63, 3.8) is 0 Å². The number of rotatable bonds is 3. The lowest BCUT2D eigenvalue weighted by Crippen LogP contribution is -2.13. The standard InChI is InChI=1S/C17H18N2O/c1-4-9-19-10-8-13-14(6-5-7-16(13)19)17-18-15(11-20-17)12(2)3/h1,5-8,10,12,15H,9,11H2,2-3H3/t15-/m1/s1. The van der Waals surface area contributed by atoms with Crippen LogP contribution in [0.4, 0.5) is 0 Å². The third-order valence-corrected chi connectivity index (χ3v) is 3.75. The Hall–Kier alpha value is -2.21. The van der Waals surface area contributed by atoms with Gasteiger partial charge in [0.05, 0.1) is 12.6 Å². The highest BCUT2D eigenvalue weighted by atomic mass is 16.5. The lowest BCUT2D eigenvalue weighted by atomic mass is 10.1. The Kier molecular flexibility index (Phi) is 3.23. The Morgan fingerprint density at radius 3 is 3.00 bits per heavy atom. The van der Waals surface area contributed by atoms with Crippen molar-refractivity contribution >= 4 is 16.8 Å². The van der Waals surface area contributed by atoms with Gasteiger partial charge in [0, 0.05) is 22.7 Å². The molecule has 0 radical (unpaired) electrons. The molecule has 0 bridgehead atoms. The van der Waals surface area contributed by atoms with Crippen LogP contribution in [0.3, 0.4) is 0 Å². The lowest BCUT2D eigenvalue weighted by molar-refractivity contribution is 0.292. The summed E-state index contributed by atoms with van der Waals surface area (Å²) in [5.41, 5.74) is 2.18. The van der Waals surface area contributed by atoms with Crippen molar-refractivity contribution < 1.29 is 4.74 Å². The monoisotopic (exact) mass is 266 g/mol. The van der Waals surface area contributed by atoms with Gasteiger partial charge in [-0.25, -0.2) is 4.99 Å². The van der Waals surface area contributed by atoms with Gasteiger partial charge < -0.3 is 9.30 Å². The van der Waals surface area contributed by atoms with E-state index in [0.29, 0.717) is 19.1 Å². The molecule has 1 aromatic carbocycles. The van der Waals surface area contributed by atoms with Crippen molar-refractivity contribution in [3.8, 4) is 12.3 Å². The molecule has 3 nitrogen and oxygen atoms in total. The summed E-state index contributed by atoms with van der Waals surface area (Å²) in [5.74, 6) is 3.93. The van der Waals surface area contributed by atoms with E-state index in [0.717, 1.165) is 22.4 Å². The molecular formula is C17H18N2O. The first-order valence-electron chi connectivity index (χ1n) is 6.93. The summed E-state index contributed by atoms with van der Waals surface area (Å²) in [4.78, 5) is 4.71. The number of nitrogens with zero attached hydrogens (tertiary/aromatic N) is 2. The number of aromatic nitrogens is 1. The number of hydrogen-bond acceptors (Lipinski definition) is 2. The largest absolute Gasteiger partial charge is 0.475 e. The van der Waals surface area contributed by atoms with Crippen molar-refractivity contribution in [1.29, 1.82) is 0 Å². The van der Waals surface area contributed by atoms with E-state index in [4.69, 9.17) is 16.2 Å². The van der Waals surface area contributed by atoms with E-state index in [1.165, 1.54) is 0 Å². The van der Waals surface area contributed by atoms with E-state index in [1.807, 2.05) is 12.3 Å². The van der Waals surface area contributed by atoms with Crippen molar-refractivity contribution in [2.75, 3.05) is 6.61 Å². The van der Waals surface area contributed by atoms with Gasteiger partial charge in [0.15, 0.2) is 0 Å². The van der Waals surface area contributed by atoms with Gasteiger partial charge in [-0.05, 0) is 24.1 Å². The molecule has 2 aromatic rings. The molecule has 0 amide bonds. The molecule has 0 aliphatic carbocycles. The van der Waals surface area contributed by atoms with Crippen LogP contribution in [0.1, 0.15) is 19.4 Å². The molecule has 0 saturated carbocycles. The normalized spacial score (nSPS) is 18.1. The molecular weight excluding hydrogens is 248 g/mol. The molecule has 0 unspecified atom stereocenters. The third-order valence-electron chi connectivity index (χ3n) is 3.75. The minimum atomic E-state index is 0.257. The van der Waals surface area contributed by atoms with E-state index in [9.17, 15) is 0 Å². The smallest absolute Gasteiger partial charge is 0.217 e. The van der Waals surface area contributed by atoms with Crippen LogP contribution >= 0.6 is 0 Å². The second kappa shape index (κ2) is 5.05. The first-order valence-corrected chi connectivity index (χ1v) is 6.93. The maximum absolute atomic E-state index is 5.79. The molecule has 0 fully saturated rings. The summed E-state index contributed by atoms with van der Waals surface area (Å²) in [6, 6.07) is 8.50. The molecule has 1 aliphatic heterocycles. The third kappa shape index (κ3) is 2.08. The van der Waals surface area contributed by atoms with Gasteiger partial charge in [0.2, 0.25) is 5.90 Å². The summed E-state index contributed by atoms with van der Waals surface area (Å²) >= 11 is 0. The van der Waals surface area contributed by atoms with E-state index < -0.39 is 0 Å². The number of benzene rings is 1. The Bertz CT molecular complexity index is 703. The highest BCUT2D eigenvalue weighted by Crippen LogP contribution is 2.25. The van der Waals surface area contributed by atoms with Crippen molar-refractivity contribution in [2.45, 2.75) is 26.4 Å². The van der Waals surface area contributed by atoms with Gasteiger partial charge in [-0.2, -0.15) is 0 Å². The van der Waals surface area contributed by atoms with E-state index in [2.05, 4.69) is 42.5 Å². The zero-order valence-corrected chi connectivity index (χ0v) is 11.8. The number of terminal acetylenes is 1. The van der Waals surface area contributed by atoms with Crippen LogP contribution in [0, 0.1) is 18.3 Å². The Morgan fingerprint density at radius 2 is 2.30 bits per heavy atom. The molecule has 1 aliphatic rings. The molecule has 20 heavy (non-hydrogen) atoms. The molecule has 1 aromatic heterocycles. The van der Waals surface area contributed by atoms with Gasteiger partial charge in [-0.3, -0.25) is 0 Å². The minimum Gasteiger partial charge on any atom is -0.475 e. The summed E-state index contributed by atoms with van der Waals surface area (Å²) in [5, 5.41) is 1.14. The van der Waals surface area contributed by atoms with Crippen LogP contribution in [-0.4, -0.2) is 23.1 Å². The SMILES string of the molecule is C#CCn1ccc2c(C3=N[C@@H](C(C)C)CO3)cccc21. The number of fused-ring (bicyclic) bond motifs is 1. The summed E-state index contributed by atoms with van der Waals surface area (Å²) in [6.07, 6.45) is 7.42. The fourth-order valence-corrected chi connectivity index (χ4v) is 2.52. The molecule has 3 heteroatoms. The van der Waals surface area contributed by atoms with E-state index in [-0.39, 0.29) is 6.04 Å². The molecule has 102 valence electrons. The molecule has 0 N–H and O–H groups in total. The quantitative estimate of drug-likeness (QED) is 0.784. The van der Waals surface area contributed by atoms with Crippen LogP contribution in [-0.2, 0) is 11.3 Å². The van der Waals surface area contributed by atoms with Crippen LogP contribution in [0.5, 0.6) is 0 Å². The maximum atomic E-state index is 5.79. The van der Waals surface area contributed by atoms with Gasteiger partial charge in [-0.15, -0.1) is 6.42 Å². The van der Waals surface area contributed by atoms with Crippen molar-refractivity contribution in [1.82, 2.24) is 4.57 Å². The molecule has 1 atom stereocenters. The van der Waals surface area contributed by atoms with Crippen LogP contribution in [0.2, 0.25) is 0 Å². The summed E-state index contributed by atoms with van der Waals surface area (Å²) < 4.78 is 7.85. The predicted octanol–water partition coefficient (Wildman–Crippen LogP) is 3.08. The molecule has 3 rings (SSSR count). The van der Waals surface area contributed by atoms with Gasteiger partial charge in [0.25, 0.3) is 0 Å². The lowest BCUT2D eigenvalue weighted by Gasteiger charge is -2.06. The fraction of sp³-hybridized carbons (Fsp3) is 0.353. The van der Waals surface area contributed by atoms with Gasteiger partial charge in [0.1, 0.15) is 6.61 Å². The molecule has 2 heterocycles. The Labute approximate surface area is 119 Å². The number of hydrogen-bond donors (Lipinski definition) is 0. The van der Waals surface area contributed by atoms with Crippen molar-refractivity contribution in [3.05, 3.63) is 36.0 Å². The van der Waals surface area contributed by atoms with Gasteiger partial charge >= 0.3 is 0 Å². The summed E-state index contributed by atoms with van der Waals surface area (Å²) in [7, 11) is 0. The van der Waals surface area contributed by atoms with Gasteiger partial charge in [-0.1, -0.05) is 25.8 Å². The number of ether oxygens (including phenoxy) is 1. The summed E-state index contributed by atoms with van der Waals surface area (Å²) in [6.45, 7) is 5.60. The highest BCUT2D eigenvalue weighted by molar-refractivity contribution is 6.07. The fourth-order valence-electron chi connectivity index (χ4n) is 2.52. The first kappa shape index (κ1) is 12.8. The highest BCUT2D eigenvalue weighted by Gasteiger charge is 2.24. The predicted molar refractivity (Wildman–Crippen MR) is 81.9 cm³/mol. The second-order valence-corrected chi connectivity index (χ2v) is 5.44. The van der Waals surface area contributed by atoms with Crippen LogP contribution in [0.25, 0.3) is 10.9 Å². The first-order chi connectivity index (χ1) is 9.70. The topological polar surface area (TPSA) is 26.5 Å². The minimum absolute atomic E-state index is 0.257. The zero-order valence-electron chi connectivity index (χ0n) is 11.8.